The van der Waals surface area contributed by atoms with Crippen LogP contribution in [0.4, 0.5) is 20.2 Å². The summed E-state index contributed by atoms with van der Waals surface area (Å²) >= 11 is 3.63. The molecule has 13 heteroatoms. The molecule has 1 atom stereocenters. The first-order chi connectivity index (χ1) is 28.1. The van der Waals surface area contributed by atoms with Gasteiger partial charge in [-0.1, -0.05) is 37.5 Å². The number of anilines is 2. The number of amides is 3. The zero-order chi connectivity index (χ0) is 39.9. The van der Waals surface area contributed by atoms with E-state index in [-0.39, 0.29) is 35.6 Å². The van der Waals surface area contributed by atoms with Crippen molar-refractivity contribution < 1.29 is 23.2 Å². The normalized spacial score (nSPS) is 22.5. The summed E-state index contributed by atoms with van der Waals surface area (Å²) in [7, 11) is 0. The molecular formula is C45H47BrF2N6O4. The maximum atomic E-state index is 15.1. The lowest BCUT2D eigenvalue weighted by Gasteiger charge is -2.42. The van der Waals surface area contributed by atoms with E-state index < -0.39 is 29.1 Å². The molecule has 6 heterocycles. The Morgan fingerprint density at radius 2 is 1.57 bits per heavy atom. The van der Waals surface area contributed by atoms with E-state index in [0.29, 0.717) is 47.3 Å². The maximum absolute atomic E-state index is 15.1. The fourth-order valence-corrected chi connectivity index (χ4v) is 11.5. The molecule has 10 rings (SSSR count). The van der Waals surface area contributed by atoms with Crippen molar-refractivity contribution in [3.05, 3.63) is 91.9 Å². The van der Waals surface area contributed by atoms with Crippen molar-refractivity contribution in [2.75, 3.05) is 55.6 Å². The van der Waals surface area contributed by atoms with E-state index >= 15 is 8.78 Å². The topological polar surface area (TPSA) is 99.1 Å². The van der Waals surface area contributed by atoms with Gasteiger partial charge in [-0.25, -0.2) is 13.7 Å². The van der Waals surface area contributed by atoms with Crippen molar-refractivity contribution in [3.8, 4) is 5.69 Å². The van der Waals surface area contributed by atoms with Gasteiger partial charge in [0, 0.05) is 55.7 Å². The number of benzene rings is 3. The van der Waals surface area contributed by atoms with Crippen molar-refractivity contribution in [1.29, 1.82) is 0 Å². The molecule has 6 aliphatic rings. The van der Waals surface area contributed by atoms with Crippen LogP contribution in [0.3, 0.4) is 0 Å². The van der Waals surface area contributed by atoms with Crippen LogP contribution in [0.1, 0.15) is 93.5 Å². The van der Waals surface area contributed by atoms with Gasteiger partial charge in [0.05, 0.1) is 27.9 Å². The molecule has 0 radical (unpaired) electrons. The third-order valence-electron chi connectivity index (χ3n) is 14.1. The van der Waals surface area contributed by atoms with Gasteiger partial charge in [-0.15, -0.1) is 0 Å². The first-order valence-electron chi connectivity index (χ1n) is 21.1. The molecule has 0 bridgehead atoms. The molecule has 1 aliphatic carbocycles. The minimum Gasteiger partial charge on any atom is -0.370 e. The van der Waals surface area contributed by atoms with Crippen LogP contribution in [0.2, 0.25) is 0 Å². The average Bonchev–Trinajstić information content (AvgIpc) is 3.76. The van der Waals surface area contributed by atoms with Crippen LogP contribution in [-0.4, -0.2) is 82.9 Å². The predicted octanol–water partition coefficient (Wildman–Crippen LogP) is 7.20. The average molecular weight is 854 g/mol. The van der Waals surface area contributed by atoms with Gasteiger partial charge >= 0.3 is 0 Å². The lowest BCUT2D eigenvalue weighted by atomic mass is 9.69. The van der Waals surface area contributed by atoms with E-state index in [1.54, 1.807) is 4.90 Å². The Balaban J connectivity index is 0.759. The first kappa shape index (κ1) is 37.8. The van der Waals surface area contributed by atoms with Gasteiger partial charge in [-0.2, -0.15) is 4.98 Å². The molecule has 5 fully saturated rings. The number of fused-ring (bicyclic) bond motifs is 7. The summed E-state index contributed by atoms with van der Waals surface area (Å²) in [6, 6.07) is 15.3. The van der Waals surface area contributed by atoms with Crippen LogP contribution in [-0.2, 0) is 19.8 Å². The van der Waals surface area contributed by atoms with E-state index in [2.05, 4.69) is 49.7 Å². The van der Waals surface area contributed by atoms with Gasteiger partial charge in [-0.05, 0) is 121 Å². The Bertz CT molecular complexity index is 2380. The molecule has 0 unspecified atom stereocenters. The summed E-state index contributed by atoms with van der Waals surface area (Å²) in [6.07, 6.45) is 9.11. The summed E-state index contributed by atoms with van der Waals surface area (Å²) in [4.78, 5) is 63.3. The Morgan fingerprint density at radius 3 is 2.29 bits per heavy atom. The lowest BCUT2D eigenvalue weighted by molar-refractivity contribution is -0.135. The highest BCUT2D eigenvalue weighted by Crippen LogP contribution is 2.52. The largest absolute Gasteiger partial charge is 0.370 e. The summed E-state index contributed by atoms with van der Waals surface area (Å²) in [5.41, 5.74) is 4.07. The Labute approximate surface area is 344 Å². The van der Waals surface area contributed by atoms with E-state index in [4.69, 9.17) is 4.98 Å². The Hall–Kier alpha value is -4.49. The number of hydrogen-bond donors (Lipinski definition) is 0. The Morgan fingerprint density at radius 1 is 0.845 bits per heavy atom. The predicted molar refractivity (Wildman–Crippen MR) is 220 cm³/mol. The number of rotatable bonds is 6. The first-order valence-corrected chi connectivity index (χ1v) is 21.9. The molecule has 58 heavy (non-hydrogen) atoms. The summed E-state index contributed by atoms with van der Waals surface area (Å²) in [6.45, 7) is 5.13. The maximum Gasteiger partial charge on any atom is 0.281 e. The standard InChI is InChI=1S/C45H47BrF2N6O4/c46-33-6-4-7-36-40(33)42(57)49-44-45(15-2-1-3-16-45)32-11-10-29(20-37(32)53(36)44)28-13-17-50(18-14-28)23-27-12-19-51(24-27)43(58)30-25-52(26-30)31-21-34(47)41(35(48)22-31)54-38(55)8-5-9-39(54)56/h4,6-7,10-11,20-22,27-28,30H,1-3,5,8-9,12-19,23-26H2/t27-/m0/s1. The molecule has 3 amide bonds. The third-order valence-corrected chi connectivity index (χ3v) is 14.7. The fraction of sp³-hybridized carbons (Fsp3) is 0.489. The minimum absolute atomic E-state index is 0.0753. The van der Waals surface area contributed by atoms with E-state index in [9.17, 15) is 19.2 Å². The molecule has 4 saturated heterocycles. The van der Waals surface area contributed by atoms with E-state index in [1.165, 1.54) is 23.2 Å². The summed E-state index contributed by atoms with van der Waals surface area (Å²) in [5, 5.41) is 0.633. The molecule has 0 N–H and O–H groups in total. The van der Waals surface area contributed by atoms with Crippen molar-refractivity contribution in [2.24, 2.45) is 11.8 Å². The molecule has 1 saturated carbocycles. The minimum atomic E-state index is -0.955. The van der Waals surface area contributed by atoms with E-state index in [1.807, 2.05) is 17.0 Å². The number of imide groups is 1. The number of aromatic nitrogens is 2. The molecule has 1 spiro atoms. The molecule has 10 nitrogen and oxygen atoms in total. The van der Waals surface area contributed by atoms with Crippen molar-refractivity contribution in [2.45, 2.75) is 82.0 Å². The van der Waals surface area contributed by atoms with Crippen LogP contribution >= 0.6 is 15.9 Å². The van der Waals surface area contributed by atoms with Gasteiger partial charge in [0.1, 0.15) is 11.5 Å². The van der Waals surface area contributed by atoms with Gasteiger partial charge in [-0.3, -0.25) is 23.7 Å². The zero-order valence-electron chi connectivity index (χ0n) is 32.5. The highest BCUT2D eigenvalue weighted by Gasteiger charge is 2.47. The second-order valence-corrected chi connectivity index (χ2v) is 18.3. The highest BCUT2D eigenvalue weighted by atomic mass is 79.9. The molecule has 1 aromatic heterocycles. The number of hydrogen-bond acceptors (Lipinski definition) is 7. The van der Waals surface area contributed by atoms with Crippen LogP contribution in [0.15, 0.2) is 57.8 Å². The number of likely N-dealkylation sites (tertiary alicyclic amines) is 2. The van der Waals surface area contributed by atoms with Crippen molar-refractivity contribution in [1.82, 2.24) is 19.4 Å². The van der Waals surface area contributed by atoms with E-state index in [0.717, 1.165) is 106 Å². The third kappa shape index (κ3) is 6.21. The molecular weight excluding hydrogens is 806 g/mol. The number of piperidine rings is 2. The molecule has 302 valence electrons. The quantitative estimate of drug-likeness (QED) is 0.190. The SMILES string of the molecule is O=C(C1CN(c2cc(F)c(N3C(=O)CCCC3=O)c(F)c2)C1)N1CC[C@@H](CN2CCC(c3ccc4c(c3)-n3c(nc(=O)c5c(Br)cccc53)C43CCCCC3)CC2)C1. The van der Waals surface area contributed by atoms with Crippen LogP contribution in [0.25, 0.3) is 16.6 Å². The molecule has 3 aromatic carbocycles. The Kier molecular flexibility index (Phi) is 9.54. The van der Waals surface area contributed by atoms with Crippen LogP contribution in [0, 0.1) is 23.5 Å². The zero-order valence-corrected chi connectivity index (χ0v) is 34.1. The fourth-order valence-electron chi connectivity index (χ4n) is 11.0. The monoisotopic (exact) mass is 852 g/mol. The van der Waals surface area contributed by atoms with Crippen LogP contribution < -0.4 is 15.4 Å². The second-order valence-electron chi connectivity index (χ2n) is 17.5. The molecule has 4 aromatic rings. The number of nitrogens with zero attached hydrogens (tertiary/aromatic N) is 6. The number of carbonyl (C=O) groups is 3. The molecule has 5 aliphatic heterocycles. The van der Waals surface area contributed by atoms with Crippen molar-refractivity contribution >= 4 is 55.9 Å². The van der Waals surface area contributed by atoms with Gasteiger partial charge in [0.2, 0.25) is 17.7 Å². The summed E-state index contributed by atoms with van der Waals surface area (Å²) < 4.78 is 33.3. The number of carbonyl (C=O) groups excluding carboxylic acids is 3. The van der Waals surface area contributed by atoms with Gasteiger partial charge in [0.15, 0.2) is 11.6 Å². The smallest absolute Gasteiger partial charge is 0.281 e. The van der Waals surface area contributed by atoms with Gasteiger partial charge in [0.25, 0.3) is 5.56 Å². The van der Waals surface area contributed by atoms with Crippen LogP contribution in [0.5, 0.6) is 0 Å². The van der Waals surface area contributed by atoms with Crippen molar-refractivity contribution in [3.63, 3.8) is 0 Å². The highest BCUT2D eigenvalue weighted by molar-refractivity contribution is 9.10. The summed E-state index contributed by atoms with van der Waals surface area (Å²) in [5.74, 6) is -1.51. The van der Waals surface area contributed by atoms with Gasteiger partial charge < -0.3 is 14.7 Å². The second kappa shape index (κ2) is 14.7. The number of halogens is 3. The lowest BCUT2D eigenvalue weighted by Crippen LogP contribution is -2.54.